The maximum absolute atomic E-state index is 13.1. The van der Waals surface area contributed by atoms with Gasteiger partial charge in [0.2, 0.25) is 0 Å². The molecule has 0 aliphatic carbocycles. The molecule has 0 radical (unpaired) electrons. The maximum Gasteiger partial charge on any atom is 0.416 e. The van der Waals surface area contributed by atoms with E-state index < -0.39 is 23.7 Å². The molecular weight excluding hydrogens is 411 g/mol. The van der Waals surface area contributed by atoms with Crippen LogP contribution in [0, 0.1) is 6.92 Å². The molecule has 2 heterocycles. The van der Waals surface area contributed by atoms with Crippen molar-refractivity contribution in [2.75, 3.05) is 36.5 Å². The average Bonchev–Trinajstić information content (AvgIpc) is 2.75. The first-order chi connectivity index (χ1) is 14.7. The van der Waals surface area contributed by atoms with Crippen LogP contribution >= 0.6 is 0 Å². The molecule has 7 nitrogen and oxygen atoms in total. The predicted molar refractivity (Wildman–Crippen MR) is 111 cm³/mol. The Bertz CT molecular complexity index is 1100. The molecule has 0 unspecified atom stereocenters. The standard InChI is InChI=1S/C21H22F3N5O2/c1-12-17-3-2-15(29-4-6-31-7-5-29)11-18(17)20(28-27-12)26-19(25)13-8-14(21(22,23)24)10-16(30)9-13/h2-3,8-11,19,30H,4-7,25H2,1H3,(H,26,28)/t19-/m0/s1. The minimum Gasteiger partial charge on any atom is -0.508 e. The maximum atomic E-state index is 13.1. The van der Waals surface area contributed by atoms with Gasteiger partial charge in [-0.25, -0.2) is 0 Å². The summed E-state index contributed by atoms with van der Waals surface area (Å²) in [5.74, 6) is -0.170. The summed E-state index contributed by atoms with van der Waals surface area (Å²) < 4.78 is 44.7. The number of hydrogen-bond donors (Lipinski definition) is 3. The first-order valence-electron chi connectivity index (χ1n) is 9.75. The van der Waals surface area contributed by atoms with Crippen LogP contribution in [-0.2, 0) is 10.9 Å². The molecule has 2 aromatic carbocycles. The Morgan fingerprint density at radius 1 is 1.10 bits per heavy atom. The number of fused-ring (bicyclic) bond motifs is 1. The lowest BCUT2D eigenvalue weighted by Crippen LogP contribution is -2.36. The summed E-state index contributed by atoms with van der Waals surface area (Å²) in [6.07, 6.45) is -5.64. The molecule has 0 saturated carbocycles. The molecule has 1 aliphatic heterocycles. The normalized spacial score (nSPS) is 15.8. The van der Waals surface area contributed by atoms with Crippen LogP contribution in [0.25, 0.3) is 10.8 Å². The summed E-state index contributed by atoms with van der Waals surface area (Å²) >= 11 is 0. The lowest BCUT2D eigenvalue weighted by Gasteiger charge is -2.29. The summed E-state index contributed by atoms with van der Waals surface area (Å²) in [5, 5.41) is 22.6. The number of anilines is 2. The number of nitrogens with zero attached hydrogens (tertiary/aromatic N) is 3. The van der Waals surface area contributed by atoms with Crippen molar-refractivity contribution in [3.8, 4) is 5.75 Å². The van der Waals surface area contributed by atoms with Crippen LogP contribution in [0.3, 0.4) is 0 Å². The monoisotopic (exact) mass is 433 g/mol. The summed E-state index contributed by atoms with van der Waals surface area (Å²) in [5.41, 5.74) is 6.94. The highest BCUT2D eigenvalue weighted by molar-refractivity contribution is 5.95. The Balaban J connectivity index is 1.69. The number of benzene rings is 2. The number of phenols is 1. The molecule has 1 atom stereocenters. The van der Waals surface area contributed by atoms with E-state index in [2.05, 4.69) is 20.4 Å². The molecule has 1 fully saturated rings. The van der Waals surface area contributed by atoms with Gasteiger partial charge in [-0.15, -0.1) is 5.10 Å². The lowest BCUT2D eigenvalue weighted by molar-refractivity contribution is -0.137. The number of alkyl halides is 3. The van der Waals surface area contributed by atoms with Gasteiger partial charge in [0.1, 0.15) is 11.9 Å². The van der Waals surface area contributed by atoms with E-state index >= 15 is 0 Å². The zero-order valence-electron chi connectivity index (χ0n) is 16.8. The smallest absolute Gasteiger partial charge is 0.416 e. The molecule has 1 saturated heterocycles. The number of aromatic nitrogens is 2. The molecule has 0 bridgehead atoms. The van der Waals surface area contributed by atoms with Crippen LogP contribution in [0.1, 0.15) is 23.0 Å². The Morgan fingerprint density at radius 2 is 1.84 bits per heavy atom. The number of aryl methyl sites for hydroxylation is 1. The molecule has 10 heteroatoms. The molecule has 164 valence electrons. The average molecular weight is 433 g/mol. The van der Waals surface area contributed by atoms with Gasteiger partial charge in [0.25, 0.3) is 0 Å². The second kappa shape index (κ2) is 8.20. The zero-order valence-corrected chi connectivity index (χ0v) is 16.8. The first-order valence-corrected chi connectivity index (χ1v) is 9.75. The lowest BCUT2D eigenvalue weighted by atomic mass is 10.1. The molecule has 0 spiro atoms. The van der Waals surface area contributed by atoms with E-state index in [0.29, 0.717) is 25.1 Å². The van der Waals surface area contributed by atoms with Gasteiger partial charge < -0.3 is 25.8 Å². The molecule has 31 heavy (non-hydrogen) atoms. The number of halogens is 3. The highest BCUT2D eigenvalue weighted by Crippen LogP contribution is 2.34. The zero-order chi connectivity index (χ0) is 22.2. The highest BCUT2D eigenvalue weighted by Gasteiger charge is 2.32. The minimum atomic E-state index is -4.60. The Labute approximate surface area is 176 Å². The van der Waals surface area contributed by atoms with Crippen molar-refractivity contribution in [1.29, 1.82) is 0 Å². The summed E-state index contributed by atoms with van der Waals surface area (Å²) in [6.45, 7) is 4.63. The summed E-state index contributed by atoms with van der Waals surface area (Å²) in [6, 6.07) is 8.65. The van der Waals surface area contributed by atoms with Crippen LogP contribution in [0.4, 0.5) is 24.7 Å². The van der Waals surface area contributed by atoms with Crippen LogP contribution in [-0.4, -0.2) is 41.6 Å². The van der Waals surface area contributed by atoms with E-state index in [0.717, 1.165) is 41.3 Å². The highest BCUT2D eigenvalue weighted by atomic mass is 19.4. The van der Waals surface area contributed by atoms with E-state index in [1.807, 2.05) is 25.1 Å². The van der Waals surface area contributed by atoms with Gasteiger partial charge >= 0.3 is 6.18 Å². The van der Waals surface area contributed by atoms with Crippen LogP contribution in [0.5, 0.6) is 5.75 Å². The number of morpholine rings is 1. The number of nitrogens with one attached hydrogen (secondary N) is 1. The van der Waals surface area contributed by atoms with E-state index in [4.69, 9.17) is 10.5 Å². The van der Waals surface area contributed by atoms with Crippen molar-refractivity contribution in [2.45, 2.75) is 19.3 Å². The van der Waals surface area contributed by atoms with Crippen LogP contribution in [0.15, 0.2) is 36.4 Å². The van der Waals surface area contributed by atoms with Gasteiger partial charge in [-0.2, -0.15) is 18.3 Å². The third kappa shape index (κ3) is 4.49. The molecule has 4 rings (SSSR count). The molecule has 1 aromatic heterocycles. The number of hydrogen-bond acceptors (Lipinski definition) is 7. The molecule has 0 amide bonds. The van der Waals surface area contributed by atoms with Gasteiger partial charge in [0.05, 0.1) is 24.5 Å². The number of rotatable bonds is 4. The van der Waals surface area contributed by atoms with Crippen LogP contribution in [0.2, 0.25) is 0 Å². The SMILES string of the molecule is Cc1nnc(N[C@H](N)c2cc(O)cc(C(F)(F)F)c2)c2cc(N3CCOCC3)ccc12. The van der Waals surface area contributed by atoms with Crippen molar-refractivity contribution in [3.05, 3.63) is 53.2 Å². The van der Waals surface area contributed by atoms with Gasteiger partial charge in [-0.1, -0.05) is 6.07 Å². The minimum absolute atomic E-state index is 0.0761. The molecule has 1 aliphatic rings. The van der Waals surface area contributed by atoms with Crippen molar-refractivity contribution in [2.24, 2.45) is 5.73 Å². The topological polar surface area (TPSA) is 96.5 Å². The second-order valence-electron chi connectivity index (χ2n) is 7.40. The predicted octanol–water partition coefficient (Wildman–Crippen LogP) is 3.57. The van der Waals surface area contributed by atoms with E-state index in [9.17, 15) is 18.3 Å². The molecular formula is C21H22F3N5O2. The number of ether oxygens (including phenoxy) is 1. The third-order valence-electron chi connectivity index (χ3n) is 5.24. The fraction of sp³-hybridized carbons (Fsp3) is 0.333. The number of phenolic OH excluding ortho intramolecular Hbond substituents is 1. The quantitative estimate of drug-likeness (QED) is 0.542. The van der Waals surface area contributed by atoms with Crippen molar-refractivity contribution >= 4 is 22.3 Å². The first kappa shape index (κ1) is 21.1. The Hall–Kier alpha value is -3.11. The largest absolute Gasteiger partial charge is 0.508 e. The molecule has 4 N–H and O–H groups in total. The second-order valence-corrected chi connectivity index (χ2v) is 7.40. The Kier molecular flexibility index (Phi) is 5.59. The van der Waals surface area contributed by atoms with Gasteiger partial charge in [-0.05, 0) is 42.8 Å². The Morgan fingerprint density at radius 3 is 2.55 bits per heavy atom. The van der Waals surface area contributed by atoms with Crippen molar-refractivity contribution in [1.82, 2.24) is 10.2 Å². The van der Waals surface area contributed by atoms with Gasteiger partial charge in [-0.3, -0.25) is 0 Å². The van der Waals surface area contributed by atoms with Crippen molar-refractivity contribution < 1.29 is 23.0 Å². The fourth-order valence-corrected chi connectivity index (χ4v) is 3.61. The third-order valence-corrected chi connectivity index (χ3v) is 5.24. The van der Waals surface area contributed by atoms with E-state index in [1.54, 1.807) is 0 Å². The van der Waals surface area contributed by atoms with E-state index in [1.165, 1.54) is 6.07 Å². The number of nitrogens with two attached hydrogens (primary N) is 1. The van der Waals surface area contributed by atoms with Gasteiger partial charge in [0.15, 0.2) is 5.82 Å². The van der Waals surface area contributed by atoms with Crippen LogP contribution < -0.4 is 16.0 Å². The molecule has 3 aromatic rings. The van der Waals surface area contributed by atoms with Gasteiger partial charge in [0, 0.05) is 29.5 Å². The summed E-state index contributed by atoms with van der Waals surface area (Å²) in [7, 11) is 0. The fourth-order valence-electron chi connectivity index (χ4n) is 3.61. The van der Waals surface area contributed by atoms with E-state index in [-0.39, 0.29) is 5.56 Å². The van der Waals surface area contributed by atoms with Crippen molar-refractivity contribution in [3.63, 3.8) is 0 Å². The number of aromatic hydroxyl groups is 1. The summed E-state index contributed by atoms with van der Waals surface area (Å²) in [4.78, 5) is 2.19.